The van der Waals surface area contributed by atoms with E-state index >= 15 is 0 Å². The Kier molecular flexibility index (Phi) is 3.57. The second-order valence-electron chi connectivity index (χ2n) is 4.08. The molecular formula is C10H15N3OS. The number of pyridine rings is 1. The Morgan fingerprint density at radius 3 is 2.53 bits per heavy atom. The fraction of sp³-hybridized carbons (Fsp3) is 0.400. The second kappa shape index (κ2) is 4.53. The van der Waals surface area contributed by atoms with Crippen molar-refractivity contribution in [1.29, 1.82) is 0 Å². The molecule has 0 aliphatic carbocycles. The van der Waals surface area contributed by atoms with E-state index in [9.17, 15) is 0 Å². The average molecular weight is 225 g/mol. The molecule has 0 aliphatic rings. The van der Waals surface area contributed by atoms with Crippen molar-refractivity contribution >= 4 is 17.6 Å². The predicted molar refractivity (Wildman–Crippen MR) is 62.4 cm³/mol. The maximum absolute atomic E-state index is 8.46. The normalized spacial score (nSPS) is 12.9. The van der Waals surface area contributed by atoms with Crippen LogP contribution in [0.2, 0.25) is 0 Å². The summed E-state index contributed by atoms with van der Waals surface area (Å²) >= 11 is 1.72. The summed E-state index contributed by atoms with van der Waals surface area (Å²) in [6, 6.07) is 3.65. The third kappa shape index (κ3) is 3.79. The van der Waals surface area contributed by atoms with Crippen LogP contribution < -0.4 is 5.73 Å². The van der Waals surface area contributed by atoms with Gasteiger partial charge in [-0.2, -0.15) is 0 Å². The van der Waals surface area contributed by atoms with E-state index in [0.29, 0.717) is 5.69 Å². The highest BCUT2D eigenvalue weighted by molar-refractivity contribution is 8.00. The maximum Gasteiger partial charge on any atom is 0.188 e. The number of aromatic nitrogens is 1. The van der Waals surface area contributed by atoms with Gasteiger partial charge >= 0.3 is 0 Å². The average Bonchev–Trinajstić information content (AvgIpc) is 2.15. The van der Waals surface area contributed by atoms with Crippen LogP contribution in [0, 0.1) is 0 Å². The molecule has 1 heterocycles. The number of amidine groups is 1. The Bertz CT molecular complexity index is 354. The molecule has 0 saturated carbocycles. The Balaban J connectivity index is 2.82. The van der Waals surface area contributed by atoms with Gasteiger partial charge in [-0.3, -0.25) is 4.98 Å². The molecule has 4 nitrogen and oxygen atoms in total. The summed E-state index contributed by atoms with van der Waals surface area (Å²) in [5.74, 6) is 0.0299. The van der Waals surface area contributed by atoms with Crippen LogP contribution in [-0.2, 0) is 0 Å². The molecule has 82 valence electrons. The van der Waals surface area contributed by atoms with Crippen LogP contribution in [0.3, 0.4) is 0 Å². The maximum atomic E-state index is 8.46. The molecule has 0 unspecified atom stereocenters. The largest absolute Gasteiger partial charge is 0.409 e. The van der Waals surface area contributed by atoms with Crippen LogP contribution in [0.4, 0.5) is 0 Å². The molecule has 0 aromatic carbocycles. The van der Waals surface area contributed by atoms with E-state index in [0.717, 1.165) is 4.90 Å². The van der Waals surface area contributed by atoms with E-state index < -0.39 is 0 Å². The van der Waals surface area contributed by atoms with Gasteiger partial charge in [-0.05, 0) is 12.1 Å². The van der Waals surface area contributed by atoms with E-state index in [-0.39, 0.29) is 10.6 Å². The zero-order valence-electron chi connectivity index (χ0n) is 9.06. The monoisotopic (exact) mass is 225 g/mol. The summed E-state index contributed by atoms with van der Waals surface area (Å²) in [7, 11) is 0. The second-order valence-corrected chi connectivity index (χ2v) is 5.98. The van der Waals surface area contributed by atoms with Gasteiger partial charge in [0.05, 0.1) is 0 Å². The third-order valence-electron chi connectivity index (χ3n) is 1.53. The van der Waals surface area contributed by atoms with E-state index in [1.54, 1.807) is 24.0 Å². The quantitative estimate of drug-likeness (QED) is 0.266. The van der Waals surface area contributed by atoms with Gasteiger partial charge in [0, 0.05) is 15.8 Å². The van der Waals surface area contributed by atoms with Gasteiger partial charge < -0.3 is 10.9 Å². The van der Waals surface area contributed by atoms with Crippen LogP contribution >= 0.6 is 11.8 Å². The van der Waals surface area contributed by atoms with Gasteiger partial charge in [0.2, 0.25) is 0 Å². The number of nitrogens with zero attached hydrogens (tertiary/aromatic N) is 2. The van der Waals surface area contributed by atoms with E-state index in [4.69, 9.17) is 10.9 Å². The number of nitrogens with two attached hydrogens (primary N) is 1. The fourth-order valence-electron chi connectivity index (χ4n) is 0.997. The van der Waals surface area contributed by atoms with Crippen molar-refractivity contribution in [3.63, 3.8) is 0 Å². The van der Waals surface area contributed by atoms with E-state index in [1.807, 2.05) is 6.07 Å². The van der Waals surface area contributed by atoms with Crippen LogP contribution in [0.25, 0.3) is 0 Å². The summed E-state index contributed by atoms with van der Waals surface area (Å²) in [6.45, 7) is 6.40. The molecule has 0 spiro atoms. The van der Waals surface area contributed by atoms with Gasteiger partial charge in [-0.1, -0.05) is 25.9 Å². The number of thioether (sulfide) groups is 1. The summed E-state index contributed by atoms with van der Waals surface area (Å²) in [4.78, 5) is 5.16. The summed E-state index contributed by atoms with van der Waals surface area (Å²) in [6.07, 6.45) is 1.73. The first-order valence-electron chi connectivity index (χ1n) is 4.55. The van der Waals surface area contributed by atoms with Crippen LogP contribution in [0.15, 0.2) is 28.4 Å². The van der Waals surface area contributed by atoms with Gasteiger partial charge in [-0.15, -0.1) is 11.8 Å². The zero-order valence-corrected chi connectivity index (χ0v) is 9.88. The number of hydrogen-bond acceptors (Lipinski definition) is 4. The van der Waals surface area contributed by atoms with Crippen molar-refractivity contribution in [2.45, 2.75) is 30.4 Å². The molecule has 1 aromatic heterocycles. The topological polar surface area (TPSA) is 71.5 Å². The van der Waals surface area contributed by atoms with Crippen LogP contribution in [0.1, 0.15) is 26.5 Å². The third-order valence-corrected chi connectivity index (χ3v) is 2.62. The van der Waals surface area contributed by atoms with Gasteiger partial charge in [0.1, 0.15) is 5.69 Å². The van der Waals surface area contributed by atoms with Gasteiger partial charge in [-0.25, -0.2) is 0 Å². The lowest BCUT2D eigenvalue weighted by Gasteiger charge is -2.17. The molecule has 0 radical (unpaired) electrons. The van der Waals surface area contributed by atoms with Crippen molar-refractivity contribution in [2.24, 2.45) is 10.9 Å². The Morgan fingerprint density at radius 1 is 1.47 bits per heavy atom. The minimum atomic E-state index is 0.0299. The van der Waals surface area contributed by atoms with Crippen molar-refractivity contribution in [3.05, 3.63) is 24.0 Å². The molecule has 15 heavy (non-hydrogen) atoms. The Hall–Kier alpha value is -1.23. The molecule has 3 N–H and O–H groups in total. The molecule has 0 fully saturated rings. The first-order chi connectivity index (χ1) is 6.92. The molecule has 0 saturated heterocycles. The minimum absolute atomic E-state index is 0.0299. The SMILES string of the molecule is CC(C)(C)Sc1ccc(/C(N)=N/O)nc1. The smallest absolute Gasteiger partial charge is 0.188 e. The predicted octanol–water partition coefficient (Wildman–Crippen LogP) is 2.07. The first kappa shape index (κ1) is 11.8. The van der Waals surface area contributed by atoms with Crippen molar-refractivity contribution in [2.75, 3.05) is 0 Å². The zero-order chi connectivity index (χ0) is 11.5. The van der Waals surface area contributed by atoms with Crippen molar-refractivity contribution in [3.8, 4) is 0 Å². The lowest BCUT2D eigenvalue weighted by molar-refractivity contribution is 0.318. The molecule has 0 amide bonds. The first-order valence-corrected chi connectivity index (χ1v) is 5.37. The number of rotatable bonds is 2. The molecule has 0 bridgehead atoms. The highest BCUT2D eigenvalue weighted by atomic mass is 32.2. The van der Waals surface area contributed by atoms with E-state index in [2.05, 4.69) is 30.9 Å². The molecule has 1 rings (SSSR count). The van der Waals surface area contributed by atoms with Crippen LogP contribution in [-0.4, -0.2) is 20.8 Å². The Morgan fingerprint density at radius 2 is 2.13 bits per heavy atom. The lowest BCUT2D eigenvalue weighted by atomic mass is 10.3. The van der Waals surface area contributed by atoms with Crippen molar-refractivity contribution in [1.82, 2.24) is 4.98 Å². The molecule has 0 aliphatic heterocycles. The Labute approximate surface area is 93.6 Å². The molecular weight excluding hydrogens is 210 g/mol. The fourth-order valence-corrected chi connectivity index (χ4v) is 1.95. The standard InChI is InChI=1S/C10H15N3OS/c1-10(2,3)15-7-4-5-8(12-6-7)9(11)13-14/h4-6,14H,1-3H3,(H2,11,13). The summed E-state index contributed by atoms with van der Waals surface area (Å²) < 4.78 is 0.153. The summed E-state index contributed by atoms with van der Waals surface area (Å²) in [5.41, 5.74) is 5.88. The van der Waals surface area contributed by atoms with E-state index in [1.165, 1.54) is 0 Å². The lowest BCUT2D eigenvalue weighted by Crippen LogP contribution is -2.14. The number of oxime groups is 1. The molecule has 5 heteroatoms. The van der Waals surface area contributed by atoms with Crippen molar-refractivity contribution < 1.29 is 5.21 Å². The highest BCUT2D eigenvalue weighted by Crippen LogP contribution is 2.30. The highest BCUT2D eigenvalue weighted by Gasteiger charge is 2.12. The van der Waals surface area contributed by atoms with Crippen LogP contribution in [0.5, 0.6) is 0 Å². The summed E-state index contributed by atoms with van der Waals surface area (Å²) in [5, 5.41) is 11.3. The number of hydrogen-bond donors (Lipinski definition) is 2. The molecule has 1 aromatic rings. The molecule has 0 atom stereocenters. The van der Waals surface area contributed by atoms with Gasteiger partial charge in [0.25, 0.3) is 0 Å². The minimum Gasteiger partial charge on any atom is -0.409 e. The van der Waals surface area contributed by atoms with Gasteiger partial charge in [0.15, 0.2) is 5.84 Å².